The highest BCUT2D eigenvalue weighted by molar-refractivity contribution is 9.10. The molecule has 0 aromatic heterocycles. The molecule has 1 aliphatic rings. The van der Waals surface area contributed by atoms with E-state index in [9.17, 15) is 13.2 Å². The fourth-order valence-electron chi connectivity index (χ4n) is 2.80. The molecule has 0 aliphatic carbocycles. The Labute approximate surface area is 167 Å². The van der Waals surface area contributed by atoms with Crippen LogP contribution >= 0.6 is 15.9 Å². The van der Waals surface area contributed by atoms with Crippen LogP contribution in [0.15, 0.2) is 51.8 Å². The standard InChI is InChI=1S/C19H21BrN2O4S/c1-13-11-15(6-9-18(13)20)22-19(23)14-4-7-17(8-5-14)27(24,25)21-12-16-3-2-10-26-16/h4-9,11,16,21H,2-3,10,12H2,1H3,(H,22,23)/t16-/m1/s1. The first-order valence-corrected chi connectivity index (χ1v) is 10.9. The van der Waals surface area contributed by atoms with Crippen LogP contribution in [0.1, 0.15) is 28.8 Å². The number of halogens is 1. The lowest BCUT2D eigenvalue weighted by Crippen LogP contribution is -2.31. The number of hydrogen-bond acceptors (Lipinski definition) is 4. The Morgan fingerprint density at radius 2 is 1.96 bits per heavy atom. The summed E-state index contributed by atoms with van der Waals surface area (Å²) in [5.41, 5.74) is 2.07. The molecule has 1 saturated heterocycles. The average Bonchev–Trinajstić information content (AvgIpc) is 3.17. The molecule has 6 nitrogen and oxygen atoms in total. The minimum atomic E-state index is -3.63. The second kappa shape index (κ2) is 8.52. The van der Waals surface area contributed by atoms with Crippen molar-refractivity contribution in [3.05, 3.63) is 58.1 Å². The van der Waals surface area contributed by atoms with Crippen LogP contribution in [0.5, 0.6) is 0 Å². The fourth-order valence-corrected chi connectivity index (χ4v) is 4.12. The van der Waals surface area contributed by atoms with Gasteiger partial charge in [-0.05, 0) is 67.8 Å². The summed E-state index contributed by atoms with van der Waals surface area (Å²) in [6, 6.07) is 11.4. The number of amides is 1. The van der Waals surface area contributed by atoms with Crippen LogP contribution in [0.3, 0.4) is 0 Å². The fraction of sp³-hybridized carbons (Fsp3) is 0.316. The van der Waals surface area contributed by atoms with Crippen molar-refractivity contribution in [1.29, 1.82) is 0 Å². The smallest absolute Gasteiger partial charge is 0.255 e. The maximum absolute atomic E-state index is 12.4. The molecule has 2 N–H and O–H groups in total. The summed E-state index contributed by atoms with van der Waals surface area (Å²) in [5, 5.41) is 2.81. The number of sulfonamides is 1. The molecular formula is C19H21BrN2O4S. The Balaban J connectivity index is 1.64. The van der Waals surface area contributed by atoms with Crippen molar-refractivity contribution in [3.8, 4) is 0 Å². The Morgan fingerprint density at radius 3 is 2.59 bits per heavy atom. The zero-order chi connectivity index (χ0) is 19.4. The van der Waals surface area contributed by atoms with Crippen LogP contribution in [0.25, 0.3) is 0 Å². The van der Waals surface area contributed by atoms with E-state index in [0.717, 1.165) is 22.9 Å². The van der Waals surface area contributed by atoms with Crippen molar-refractivity contribution in [2.75, 3.05) is 18.5 Å². The number of rotatable bonds is 6. The second-order valence-electron chi connectivity index (χ2n) is 6.43. The van der Waals surface area contributed by atoms with Crippen LogP contribution in [-0.4, -0.2) is 33.6 Å². The molecule has 27 heavy (non-hydrogen) atoms. The molecule has 144 valence electrons. The normalized spacial score (nSPS) is 17.0. The minimum Gasteiger partial charge on any atom is -0.377 e. The summed E-state index contributed by atoms with van der Waals surface area (Å²) in [5.74, 6) is -0.298. The first-order chi connectivity index (χ1) is 12.8. The van der Waals surface area contributed by atoms with E-state index in [0.29, 0.717) is 17.9 Å². The van der Waals surface area contributed by atoms with E-state index in [1.54, 1.807) is 6.07 Å². The Kier molecular flexibility index (Phi) is 6.31. The molecule has 3 rings (SSSR count). The first-order valence-electron chi connectivity index (χ1n) is 8.64. The molecule has 2 aromatic carbocycles. The highest BCUT2D eigenvalue weighted by atomic mass is 79.9. The lowest BCUT2D eigenvalue weighted by Gasteiger charge is -2.12. The SMILES string of the molecule is Cc1cc(NC(=O)c2ccc(S(=O)(=O)NC[C@H]3CCCO3)cc2)ccc1Br. The van der Waals surface area contributed by atoms with Gasteiger partial charge in [0.2, 0.25) is 10.0 Å². The number of benzene rings is 2. The van der Waals surface area contributed by atoms with Crippen molar-refractivity contribution >= 4 is 37.5 Å². The van der Waals surface area contributed by atoms with E-state index in [-0.39, 0.29) is 23.5 Å². The number of carbonyl (C=O) groups is 1. The molecule has 0 spiro atoms. The summed E-state index contributed by atoms with van der Waals surface area (Å²) >= 11 is 3.42. The monoisotopic (exact) mass is 452 g/mol. The number of carbonyl (C=O) groups excluding carboxylic acids is 1. The van der Waals surface area contributed by atoms with Gasteiger partial charge < -0.3 is 10.1 Å². The van der Waals surface area contributed by atoms with Gasteiger partial charge in [-0.25, -0.2) is 13.1 Å². The molecule has 0 radical (unpaired) electrons. The van der Waals surface area contributed by atoms with E-state index >= 15 is 0 Å². The topological polar surface area (TPSA) is 84.5 Å². The maximum Gasteiger partial charge on any atom is 0.255 e. The molecule has 0 saturated carbocycles. The number of anilines is 1. The predicted octanol–water partition coefficient (Wildman–Crippen LogP) is 3.47. The molecule has 1 atom stereocenters. The quantitative estimate of drug-likeness (QED) is 0.702. The zero-order valence-electron chi connectivity index (χ0n) is 14.9. The highest BCUT2D eigenvalue weighted by Gasteiger charge is 2.20. The van der Waals surface area contributed by atoms with Crippen LogP contribution in [0.2, 0.25) is 0 Å². The number of nitrogens with one attached hydrogen (secondary N) is 2. The van der Waals surface area contributed by atoms with Gasteiger partial charge in [-0.1, -0.05) is 15.9 Å². The van der Waals surface area contributed by atoms with Crippen LogP contribution < -0.4 is 10.0 Å². The Bertz CT molecular complexity index is 923. The maximum atomic E-state index is 12.4. The van der Waals surface area contributed by atoms with Crippen molar-refractivity contribution < 1.29 is 17.9 Å². The van der Waals surface area contributed by atoms with Crippen LogP contribution in [0, 0.1) is 6.92 Å². The van der Waals surface area contributed by atoms with E-state index in [4.69, 9.17) is 4.74 Å². The van der Waals surface area contributed by atoms with Gasteiger partial charge in [0, 0.05) is 28.9 Å². The Hall–Kier alpha value is -1.74. The van der Waals surface area contributed by atoms with Gasteiger partial charge in [0.05, 0.1) is 11.0 Å². The van der Waals surface area contributed by atoms with Crippen molar-refractivity contribution in [1.82, 2.24) is 4.72 Å². The molecule has 1 amide bonds. The van der Waals surface area contributed by atoms with Crippen molar-refractivity contribution in [2.45, 2.75) is 30.8 Å². The lowest BCUT2D eigenvalue weighted by molar-refractivity contribution is 0.102. The zero-order valence-corrected chi connectivity index (χ0v) is 17.3. The molecule has 1 heterocycles. The molecule has 0 bridgehead atoms. The lowest BCUT2D eigenvalue weighted by atomic mass is 10.2. The molecule has 1 fully saturated rings. The van der Waals surface area contributed by atoms with Gasteiger partial charge in [-0.3, -0.25) is 4.79 Å². The Morgan fingerprint density at radius 1 is 1.22 bits per heavy atom. The van der Waals surface area contributed by atoms with E-state index in [1.807, 2.05) is 19.1 Å². The van der Waals surface area contributed by atoms with E-state index < -0.39 is 10.0 Å². The van der Waals surface area contributed by atoms with E-state index in [1.165, 1.54) is 24.3 Å². The van der Waals surface area contributed by atoms with Gasteiger partial charge in [-0.15, -0.1) is 0 Å². The van der Waals surface area contributed by atoms with Crippen molar-refractivity contribution in [2.24, 2.45) is 0 Å². The largest absolute Gasteiger partial charge is 0.377 e. The van der Waals surface area contributed by atoms with Gasteiger partial charge in [0.1, 0.15) is 0 Å². The number of hydrogen-bond donors (Lipinski definition) is 2. The third-order valence-corrected chi connectivity index (χ3v) is 6.70. The van der Waals surface area contributed by atoms with Gasteiger partial charge in [-0.2, -0.15) is 0 Å². The molecule has 0 unspecified atom stereocenters. The summed E-state index contributed by atoms with van der Waals surface area (Å²) < 4.78 is 33.7. The van der Waals surface area contributed by atoms with Gasteiger partial charge in [0.15, 0.2) is 0 Å². The van der Waals surface area contributed by atoms with Crippen LogP contribution in [0.4, 0.5) is 5.69 Å². The second-order valence-corrected chi connectivity index (χ2v) is 9.05. The highest BCUT2D eigenvalue weighted by Crippen LogP contribution is 2.21. The van der Waals surface area contributed by atoms with E-state index in [2.05, 4.69) is 26.0 Å². The minimum absolute atomic E-state index is 0.0702. The van der Waals surface area contributed by atoms with Crippen molar-refractivity contribution in [3.63, 3.8) is 0 Å². The van der Waals surface area contributed by atoms with Gasteiger partial charge in [0.25, 0.3) is 5.91 Å². The summed E-state index contributed by atoms with van der Waals surface area (Å²) in [6.45, 7) is 2.87. The molecule has 2 aromatic rings. The number of ether oxygens (including phenoxy) is 1. The first kappa shape index (κ1) is 20.0. The summed E-state index contributed by atoms with van der Waals surface area (Å²) in [7, 11) is -3.63. The third kappa shape index (κ3) is 5.16. The summed E-state index contributed by atoms with van der Waals surface area (Å²) in [6.07, 6.45) is 1.74. The average molecular weight is 453 g/mol. The predicted molar refractivity (Wildman–Crippen MR) is 107 cm³/mol. The summed E-state index contributed by atoms with van der Waals surface area (Å²) in [4.78, 5) is 12.5. The van der Waals surface area contributed by atoms with Crippen LogP contribution in [-0.2, 0) is 14.8 Å². The van der Waals surface area contributed by atoms with Gasteiger partial charge >= 0.3 is 0 Å². The number of aryl methyl sites for hydroxylation is 1. The third-order valence-electron chi connectivity index (χ3n) is 4.37. The molecule has 8 heteroatoms. The molecule has 1 aliphatic heterocycles. The molecular weight excluding hydrogens is 432 g/mol.